The third kappa shape index (κ3) is 3.78. The maximum Gasteiger partial charge on any atom is 0.241 e. The molecule has 2 aliphatic heterocycles. The van der Waals surface area contributed by atoms with Gasteiger partial charge in [-0.25, -0.2) is 0 Å². The molecule has 1 saturated heterocycles. The van der Waals surface area contributed by atoms with Crippen LogP contribution in [-0.2, 0) is 4.79 Å². The molecule has 0 spiro atoms. The van der Waals surface area contributed by atoms with Gasteiger partial charge in [-0.1, -0.05) is 24.3 Å². The van der Waals surface area contributed by atoms with Crippen LogP contribution in [0.25, 0.3) is 0 Å². The summed E-state index contributed by atoms with van der Waals surface area (Å²) < 4.78 is 11.4. The van der Waals surface area contributed by atoms with Gasteiger partial charge >= 0.3 is 0 Å². The van der Waals surface area contributed by atoms with Gasteiger partial charge in [-0.3, -0.25) is 9.69 Å². The average Bonchev–Trinajstić information content (AvgIpc) is 3.17. The standard InChI is InChI=1S/C22H26N2O3/c1-2-24(18-7-4-3-5-8-18)22(25)16-23-12-6-9-19(23)17-10-11-20-21(15-17)27-14-13-26-20/h3-5,7-8,10-11,15,19H,2,6,9,12-14,16H2,1H3. The highest BCUT2D eigenvalue weighted by atomic mass is 16.6. The van der Waals surface area contributed by atoms with Crippen molar-refractivity contribution in [2.45, 2.75) is 25.8 Å². The van der Waals surface area contributed by atoms with E-state index >= 15 is 0 Å². The number of ether oxygens (including phenoxy) is 2. The zero-order valence-corrected chi connectivity index (χ0v) is 15.8. The van der Waals surface area contributed by atoms with Gasteiger partial charge in [0.05, 0.1) is 6.54 Å². The minimum Gasteiger partial charge on any atom is -0.486 e. The van der Waals surface area contributed by atoms with Crippen molar-refractivity contribution in [1.82, 2.24) is 4.90 Å². The van der Waals surface area contributed by atoms with Gasteiger partial charge in [-0.05, 0) is 56.1 Å². The molecular weight excluding hydrogens is 340 g/mol. The Morgan fingerprint density at radius 2 is 1.89 bits per heavy atom. The molecule has 2 aliphatic rings. The van der Waals surface area contributed by atoms with E-state index in [0.29, 0.717) is 26.3 Å². The highest BCUT2D eigenvalue weighted by molar-refractivity contribution is 5.94. The molecule has 0 saturated carbocycles. The van der Waals surface area contributed by atoms with E-state index in [9.17, 15) is 4.79 Å². The number of nitrogens with zero attached hydrogens (tertiary/aromatic N) is 2. The van der Waals surface area contributed by atoms with Gasteiger partial charge in [0.2, 0.25) is 5.91 Å². The van der Waals surface area contributed by atoms with Gasteiger partial charge in [0.15, 0.2) is 11.5 Å². The zero-order valence-electron chi connectivity index (χ0n) is 15.8. The van der Waals surface area contributed by atoms with Crippen molar-refractivity contribution < 1.29 is 14.3 Å². The van der Waals surface area contributed by atoms with Crippen LogP contribution in [0.5, 0.6) is 11.5 Å². The third-order valence-electron chi connectivity index (χ3n) is 5.34. The molecule has 1 fully saturated rings. The molecule has 1 atom stereocenters. The summed E-state index contributed by atoms with van der Waals surface area (Å²) >= 11 is 0. The van der Waals surface area contributed by atoms with Crippen LogP contribution in [0.1, 0.15) is 31.4 Å². The summed E-state index contributed by atoms with van der Waals surface area (Å²) in [6.07, 6.45) is 2.16. The molecule has 0 aliphatic carbocycles. The molecule has 4 rings (SSSR count). The molecule has 0 radical (unpaired) electrons. The van der Waals surface area contributed by atoms with E-state index in [-0.39, 0.29) is 11.9 Å². The Hall–Kier alpha value is -2.53. The van der Waals surface area contributed by atoms with E-state index in [1.165, 1.54) is 5.56 Å². The zero-order chi connectivity index (χ0) is 18.6. The van der Waals surface area contributed by atoms with Crippen LogP contribution in [-0.4, -0.2) is 43.7 Å². The summed E-state index contributed by atoms with van der Waals surface area (Å²) in [5.74, 6) is 1.77. The average molecular weight is 366 g/mol. The van der Waals surface area contributed by atoms with E-state index in [4.69, 9.17) is 9.47 Å². The Kier molecular flexibility index (Phi) is 5.30. The lowest BCUT2D eigenvalue weighted by Gasteiger charge is -2.29. The first-order valence-electron chi connectivity index (χ1n) is 9.75. The molecule has 142 valence electrons. The van der Waals surface area contributed by atoms with Crippen molar-refractivity contribution in [3.63, 3.8) is 0 Å². The fourth-order valence-electron chi connectivity index (χ4n) is 4.03. The molecule has 1 amide bonds. The quantitative estimate of drug-likeness (QED) is 0.810. The molecule has 0 N–H and O–H groups in total. The Morgan fingerprint density at radius 3 is 2.67 bits per heavy atom. The third-order valence-corrected chi connectivity index (χ3v) is 5.34. The van der Waals surface area contributed by atoms with E-state index in [0.717, 1.165) is 36.6 Å². The minimum absolute atomic E-state index is 0.146. The summed E-state index contributed by atoms with van der Waals surface area (Å²) in [7, 11) is 0. The highest BCUT2D eigenvalue weighted by Gasteiger charge is 2.30. The topological polar surface area (TPSA) is 42.0 Å². The highest BCUT2D eigenvalue weighted by Crippen LogP contribution is 2.38. The summed E-state index contributed by atoms with van der Waals surface area (Å²) in [6, 6.07) is 16.3. The first kappa shape index (κ1) is 17.9. The molecule has 2 heterocycles. The monoisotopic (exact) mass is 366 g/mol. The summed E-state index contributed by atoms with van der Waals surface area (Å²) in [5.41, 5.74) is 2.16. The normalized spacial score (nSPS) is 19.1. The number of likely N-dealkylation sites (tertiary alicyclic amines) is 1. The SMILES string of the molecule is CCN(C(=O)CN1CCCC1c1ccc2c(c1)OCCO2)c1ccccc1. The van der Waals surface area contributed by atoms with Crippen molar-refractivity contribution in [2.75, 3.05) is 37.7 Å². The van der Waals surface area contributed by atoms with E-state index in [1.54, 1.807) is 0 Å². The van der Waals surface area contributed by atoms with E-state index in [1.807, 2.05) is 48.2 Å². The summed E-state index contributed by atoms with van der Waals surface area (Å²) in [4.78, 5) is 17.1. The van der Waals surface area contributed by atoms with Crippen LogP contribution < -0.4 is 14.4 Å². The smallest absolute Gasteiger partial charge is 0.241 e. The Bertz CT molecular complexity index is 793. The molecule has 0 aromatic heterocycles. The second-order valence-corrected chi connectivity index (χ2v) is 7.01. The number of fused-ring (bicyclic) bond motifs is 1. The van der Waals surface area contributed by atoms with Gasteiger partial charge in [-0.15, -0.1) is 0 Å². The number of likely N-dealkylation sites (N-methyl/N-ethyl adjacent to an activating group) is 1. The summed E-state index contributed by atoms with van der Waals surface area (Å²) in [5, 5.41) is 0. The second kappa shape index (κ2) is 8.01. The fraction of sp³-hybridized carbons (Fsp3) is 0.409. The number of carbonyl (C=O) groups excluding carboxylic acids is 1. The number of hydrogen-bond donors (Lipinski definition) is 0. The molecule has 5 heteroatoms. The maximum atomic E-state index is 13.0. The van der Waals surface area contributed by atoms with Crippen LogP contribution in [0.3, 0.4) is 0 Å². The van der Waals surface area contributed by atoms with Crippen LogP contribution >= 0.6 is 0 Å². The predicted molar refractivity (Wildman–Crippen MR) is 105 cm³/mol. The molecule has 5 nitrogen and oxygen atoms in total. The van der Waals surface area contributed by atoms with Crippen molar-refractivity contribution in [2.24, 2.45) is 0 Å². The van der Waals surface area contributed by atoms with Crippen LogP contribution in [0, 0.1) is 0 Å². The largest absolute Gasteiger partial charge is 0.486 e. The lowest BCUT2D eigenvalue weighted by molar-refractivity contribution is -0.119. The number of hydrogen-bond acceptors (Lipinski definition) is 4. The van der Waals surface area contributed by atoms with Crippen molar-refractivity contribution in [1.29, 1.82) is 0 Å². The van der Waals surface area contributed by atoms with Gasteiger partial charge < -0.3 is 14.4 Å². The van der Waals surface area contributed by atoms with Gasteiger partial charge in [0.1, 0.15) is 13.2 Å². The van der Waals surface area contributed by atoms with E-state index in [2.05, 4.69) is 17.0 Å². The van der Waals surface area contributed by atoms with Crippen LogP contribution in [0.15, 0.2) is 48.5 Å². The van der Waals surface area contributed by atoms with Crippen molar-refractivity contribution in [3.8, 4) is 11.5 Å². The Morgan fingerprint density at radius 1 is 1.11 bits per heavy atom. The number of para-hydroxylation sites is 1. The Labute approximate surface area is 160 Å². The molecular formula is C22H26N2O3. The molecule has 2 aromatic rings. The predicted octanol–water partition coefficient (Wildman–Crippen LogP) is 3.65. The number of anilines is 1. The first-order chi connectivity index (χ1) is 13.3. The summed E-state index contributed by atoms with van der Waals surface area (Å²) in [6.45, 7) is 5.26. The minimum atomic E-state index is 0.146. The van der Waals surface area contributed by atoms with Crippen molar-refractivity contribution >= 4 is 11.6 Å². The molecule has 2 aromatic carbocycles. The molecule has 1 unspecified atom stereocenters. The van der Waals surface area contributed by atoms with Crippen LogP contribution in [0.2, 0.25) is 0 Å². The molecule has 27 heavy (non-hydrogen) atoms. The number of benzene rings is 2. The second-order valence-electron chi connectivity index (χ2n) is 7.01. The van der Waals surface area contributed by atoms with Gasteiger partial charge in [-0.2, -0.15) is 0 Å². The number of rotatable bonds is 5. The maximum absolute atomic E-state index is 13.0. The first-order valence-corrected chi connectivity index (χ1v) is 9.75. The number of amides is 1. The van der Waals surface area contributed by atoms with Gasteiger partial charge in [0.25, 0.3) is 0 Å². The number of carbonyl (C=O) groups is 1. The van der Waals surface area contributed by atoms with Gasteiger partial charge in [0, 0.05) is 18.3 Å². The van der Waals surface area contributed by atoms with E-state index < -0.39 is 0 Å². The van der Waals surface area contributed by atoms with Crippen LogP contribution in [0.4, 0.5) is 5.69 Å². The van der Waals surface area contributed by atoms with Crippen molar-refractivity contribution in [3.05, 3.63) is 54.1 Å². The Balaban J connectivity index is 1.49. The molecule has 0 bridgehead atoms. The lowest BCUT2D eigenvalue weighted by Crippen LogP contribution is -2.40. The lowest BCUT2D eigenvalue weighted by atomic mass is 10.0. The fourth-order valence-corrected chi connectivity index (χ4v) is 4.03.